The fraction of sp³-hybridized carbons (Fsp3) is 0.250. The number of amides is 1. The van der Waals surface area contributed by atoms with E-state index in [0.717, 1.165) is 16.8 Å². The van der Waals surface area contributed by atoms with Crippen molar-refractivity contribution in [2.75, 3.05) is 12.4 Å². The van der Waals surface area contributed by atoms with Gasteiger partial charge in [0, 0.05) is 35.8 Å². The SMILES string of the molecule is COc1cc2ncnc(-c3cn(C)nc3-c3ccccc3)c2cc1NC(=O)[C@H]1C[C@@H]1C(F)(F)F. The number of hydrogen-bond donors (Lipinski definition) is 1. The molecule has 4 aromatic rings. The van der Waals surface area contributed by atoms with E-state index in [2.05, 4.69) is 20.4 Å². The molecule has 0 saturated heterocycles. The number of aryl methyl sites for hydroxylation is 1. The predicted octanol–water partition coefficient (Wildman–Crippen LogP) is 4.84. The van der Waals surface area contributed by atoms with E-state index in [1.54, 1.807) is 23.9 Å². The number of nitrogens with one attached hydrogen (secondary N) is 1. The summed E-state index contributed by atoms with van der Waals surface area (Å²) in [6.45, 7) is 0. The molecule has 10 heteroatoms. The number of methoxy groups -OCH3 is 1. The minimum absolute atomic E-state index is 0.213. The molecule has 1 aliphatic rings. The van der Waals surface area contributed by atoms with E-state index in [9.17, 15) is 18.0 Å². The number of benzene rings is 2. The van der Waals surface area contributed by atoms with Gasteiger partial charge in [0.2, 0.25) is 5.91 Å². The van der Waals surface area contributed by atoms with Crippen molar-refractivity contribution in [2.24, 2.45) is 18.9 Å². The lowest BCUT2D eigenvalue weighted by atomic mass is 10.0. The predicted molar refractivity (Wildman–Crippen MR) is 120 cm³/mol. The number of fused-ring (bicyclic) bond motifs is 1. The van der Waals surface area contributed by atoms with Gasteiger partial charge < -0.3 is 10.1 Å². The zero-order valence-corrected chi connectivity index (χ0v) is 18.3. The van der Waals surface area contributed by atoms with Crippen LogP contribution < -0.4 is 10.1 Å². The molecular weight excluding hydrogens is 447 g/mol. The summed E-state index contributed by atoms with van der Waals surface area (Å²) in [7, 11) is 3.23. The molecule has 174 valence electrons. The molecule has 5 rings (SSSR count). The average Bonchev–Trinajstić information content (AvgIpc) is 3.55. The van der Waals surface area contributed by atoms with Gasteiger partial charge in [0.1, 0.15) is 17.8 Å². The largest absolute Gasteiger partial charge is 0.494 e. The normalized spacial score (nSPS) is 17.6. The topological polar surface area (TPSA) is 81.9 Å². The summed E-state index contributed by atoms with van der Waals surface area (Å²) in [5.74, 6) is -3.11. The van der Waals surface area contributed by atoms with Crippen LogP contribution in [0.2, 0.25) is 0 Å². The van der Waals surface area contributed by atoms with Crippen molar-refractivity contribution in [3.63, 3.8) is 0 Å². The van der Waals surface area contributed by atoms with Crippen LogP contribution in [-0.4, -0.2) is 38.9 Å². The molecule has 2 heterocycles. The summed E-state index contributed by atoms with van der Waals surface area (Å²) in [6, 6.07) is 12.9. The van der Waals surface area contributed by atoms with E-state index in [4.69, 9.17) is 4.74 Å². The molecule has 2 aromatic heterocycles. The van der Waals surface area contributed by atoms with Gasteiger partial charge in [0.25, 0.3) is 0 Å². The molecule has 1 amide bonds. The quantitative estimate of drug-likeness (QED) is 0.454. The summed E-state index contributed by atoms with van der Waals surface area (Å²) in [5, 5.41) is 7.80. The Bertz CT molecular complexity index is 1380. The number of nitrogens with zero attached hydrogens (tertiary/aromatic N) is 4. The first-order valence-electron chi connectivity index (χ1n) is 10.6. The fourth-order valence-electron chi connectivity index (χ4n) is 4.11. The minimum Gasteiger partial charge on any atom is -0.494 e. The van der Waals surface area contributed by atoms with Crippen molar-refractivity contribution in [3.8, 4) is 28.3 Å². The second-order valence-corrected chi connectivity index (χ2v) is 8.20. The zero-order valence-electron chi connectivity index (χ0n) is 18.3. The Morgan fingerprint density at radius 3 is 2.59 bits per heavy atom. The van der Waals surface area contributed by atoms with Crippen LogP contribution in [-0.2, 0) is 11.8 Å². The number of ether oxygens (including phenoxy) is 1. The molecule has 0 spiro atoms. The number of rotatable bonds is 5. The Morgan fingerprint density at radius 1 is 1.15 bits per heavy atom. The lowest BCUT2D eigenvalue weighted by molar-refractivity contribution is -0.153. The monoisotopic (exact) mass is 467 g/mol. The Morgan fingerprint density at radius 2 is 1.91 bits per heavy atom. The Labute approximate surface area is 192 Å². The van der Waals surface area contributed by atoms with Gasteiger partial charge in [0.05, 0.1) is 35.8 Å². The van der Waals surface area contributed by atoms with Gasteiger partial charge in [-0.2, -0.15) is 18.3 Å². The van der Waals surface area contributed by atoms with Crippen LogP contribution in [0.15, 0.2) is 55.0 Å². The molecule has 1 aliphatic carbocycles. The van der Waals surface area contributed by atoms with Crippen molar-refractivity contribution in [1.29, 1.82) is 0 Å². The first-order chi connectivity index (χ1) is 16.3. The Balaban J connectivity index is 1.58. The number of halogens is 3. The standard InChI is InChI=1S/C24H20F3N5O2/c1-32-11-16(21(31-32)13-6-4-3-5-7-13)22-15-9-19(20(34-2)10-18(15)28-12-29-22)30-23(33)14-8-17(14)24(25,26)27/h3-7,9-12,14,17H,8H2,1-2H3,(H,30,33)/t14-,17-/m0/s1. The van der Waals surface area contributed by atoms with Gasteiger partial charge in [-0.1, -0.05) is 30.3 Å². The highest BCUT2D eigenvalue weighted by Gasteiger charge is 2.58. The van der Waals surface area contributed by atoms with Gasteiger partial charge in [-0.3, -0.25) is 9.48 Å². The number of carbonyl (C=O) groups is 1. The van der Waals surface area contributed by atoms with Crippen molar-refractivity contribution in [3.05, 3.63) is 55.0 Å². The first-order valence-corrected chi connectivity index (χ1v) is 10.6. The van der Waals surface area contributed by atoms with Crippen LogP contribution >= 0.6 is 0 Å². The highest BCUT2D eigenvalue weighted by Crippen LogP contribution is 2.50. The molecular formula is C24H20F3N5O2. The lowest BCUT2D eigenvalue weighted by Gasteiger charge is -2.13. The second-order valence-electron chi connectivity index (χ2n) is 8.20. The third-order valence-corrected chi connectivity index (χ3v) is 5.89. The van der Waals surface area contributed by atoms with Gasteiger partial charge in [-0.15, -0.1) is 0 Å². The maximum absolute atomic E-state index is 12.9. The van der Waals surface area contributed by atoms with E-state index < -0.39 is 23.9 Å². The van der Waals surface area contributed by atoms with Crippen molar-refractivity contribution in [2.45, 2.75) is 12.6 Å². The summed E-state index contributed by atoms with van der Waals surface area (Å²) >= 11 is 0. The highest BCUT2D eigenvalue weighted by molar-refractivity contribution is 6.02. The molecule has 2 atom stereocenters. The van der Waals surface area contributed by atoms with Crippen LogP contribution in [0.4, 0.5) is 18.9 Å². The molecule has 2 aromatic carbocycles. The van der Waals surface area contributed by atoms with Gasteiger partial charge >= 0.3 is 6.18 Å². The molecule has 1 saturated carbocycles. The van der Waals surface area contributed by atoms with Crippen LogP contribution in [0, 0.1) is 11.8 Å². The van der Waals surface area contributed by atoms with Crippen LogP contribution in [0.25, 0.3) is 33.4 Å². The molecule has 1 N–H and O–H groups in total. The van der Waals surface area contributed by atoms with E-state index in [1.165, 1.54) is 13.4 Å². The third kappa shape index (κ3) is 3.95. The fourth-order valence-corrected chi connectivity index (χ4v) is 4.11. The molecule has 0 unspecified atom stereocenters. The van der Waals surface area contributed by atoms with Crippen molar-refractivity contribution >= 4 is 22.5 Å². The molecule has 0 radical (unpaired) electrons. The number of hydrogen-bond acceptors (Lipinski definition) is 5. The summed E-state index contributed by atoms with van der Waals surface area (Å²) in [6.07, 6.45) is -1.33. The maximum Gasteiger partial charge on any atom is 0.392 e. The van der Waals surface area contributed by atoms with Crippen LogP contribution in [0.5, 0.6) is 5.75 Å². The molecule has 1 fully saturated rings. The molecule has 34 heavy (non-hydrogen) atoms. The van der Waals surface area contributed by atoms with Gasteiger partial charge in [-0.25, -0.2) is 9.97 Å². The number of alkyl halides is 3. The van der Waals surface area contributed by atoms with Crippen LogP contribution in [0.3, 0.4) is 0 Å². The molecule has 7 nitrogen and oxygen atoms in total. The summed E-state index contributed by atoms with van der Waals surface area (Å²) < 4.78 is 45.9. The number of anilines is 1. The van der Waals surface area contributed by atoms with E-state index >= 15 is 0 Å². The zero-order chi connectivity index (χ0) is 24.0. The van der Waals surface area contributed by atoms with E-state index in [1.807, 2.05) is 36.5 Å². The number of aromatic nitrogens is 4. The van der Waals surface area contributed by atoms with Gasteiger partial charge in [0.15, 0.2) is 0 Å². The first kappa shape index (κ1) is 21.9. The molecule has 0 aliphatic heterocycles. The van der Waals surface area contributed by atoms with Gasteiger partial charge in [-0.05, 0) is 12.5 Å². The lowest BCUT2D eigenvalue weighted by Crippen LogP contribution is -2.20. The second kappa shape index (κ2) is 8.12. The van der Waals surface area contributed by atoms with E-state index in [-0.39, 0.29) is 12.1 Å². The summed E-state index contributed by atoms with van der Waals surface area (Å²) in [4.78, 5) is 21.3. The van der Waals surface area contributed by atoms with Crippen molar-refractivity contribution in [1.82, 2.24) is 19.7 Å². The third-order valence-electron chi connectivity index (χ3n) is 5.89. The van der Waals surface area contributed by atoms with E-state index in [0.29, 0.717) is 22.3 Å². The average molecular weight is 467 g/mol. The smallest absolute Gasteiger partial charge is 0.392 e. The number of carbonyl (C=O) groups excluding carboxylic acids is 1. The summed E-state index contributed by atoms with van der Waals surface area (Å²) in [5.41, 5.74) is 3.77. The van der Waals surface area contributed by atoms with Crippen molar-refractivity contribution < 1.29 is 22.7 Å². The highest BCUT2D eigenvalue weighted by atomic mass is 19.4. The van der Waals surface area contributed by atoms with Crippen LogP contribution in [0.1, 0.15) is 6.42 Å². The Hall–Kier alpha value is -3.95. The Kier molecular flexibility index (Phi) is 5.22. The minimum atomic E-state index is -4.38. The maximum atomic E-state index is 12.9. The molecule has 0 bridgehead atoms.